The van der Waals surface area contributed by atoms with E-state index in [1.54, 1.807) is 0 Å². The van der Waals surface area contributed by atoms with Crippen LogP contribution in [0.3, 0.4) is 0 Å². The Bertz CT molecular complexity index is 641. The average molecular weight is 275 g/mol. The van der Waals surface area contributed by atoms with Gasteiger partial charge in [0.15, 0.2) is 0 Å². The van der Waals surface area contributed by atoms with E-state index in [-0.39, 0.29) is 0 Å². The molecule has 0 amide bonds. The van der Waals surface area contributed by atoms with Crippen LogP contribution >= 0.6 is 7.92 Å². The molecule has 0 aliphatic carbocycles. The van der Waals surface area contributed by atoms with Crippen LogP contribution in [0, 0.1) is 0 Å². The summed E-state index contributed by atoms with van der Waals surface area (Å²) in [5.41, 5.74) is 1.24. The quantitative estimate of drug-likeness (QED) is 0.502. The van der Waals surface area contributed by atoms with E-state index in [2.05, 4.69) is 85.4 Å². The van der Waals surface area contributed by atoms with E-state index in [0.717, 1.165) is 0 Å². The van der Waals surface area contributed by atoms with Crippen molar-refractivity contribution in [3.63, 3.8) is 0 Å². The van der Waals surface area contributed by atoms with Gasteiger partial charge in [-0.3, -0.25) is 0 Å². The zero-order valence-electron chi connectivity index (χ0n) is 11.2. The lowest BCUT2D eigenvalue weighted by Gasteiger charge is -2.23. The second-order valence-electron chi connectivity index (χ2n) is 4.58. The SMILES string of the molecule is C=Cc1cc[cH-]c1P(c1ccccc1)c1ccccc1. The predicted molar refractivity (Wildman–Crippen MR) is 90.8 cm³/mol. The summed E-state index contributed by atoms with van der Waals surface area (Å²) in [6.07, 6.45) is 1.95. The van der Waals surface area contributed by atoms with Crippen molar-refractivity contribution in [1.82, 2.24) is 0 Å². The molecule has 0 bridgehead atoms. The fourth-order valence-electron chi connectivity index (χ4n) is 2.38. The van der Waals surface area contributed by atoms with Gasteiger partial charge in [-0.1, -0.05) is 60.7 Å². The first-order valence-corrected chi connectivity index (χ1v) is 8.02. The van der Waals surface area contributed by atoms with E-state index in [1.165, 1.54) is 21.5 Å². The highest BCUT2D eigenvalue weighted by atomic mass is 31.1. The van der Waals surface area contributed by atoms with E-state index in [0.29, 0.717) is 0 Å². The van der Waals surface area contributed by atoms with Gasteiger partial charge in [0.05, 0.1) is 0 Å². The van der Waals surface area contributed by atoms with E-state index in [1.807, 2.05) is 6.08 Å². The van der Waals surface area contributed by atoms with Gasteiger partial charge in [-0.05, 0) is 18.5 Å². The Labute approximate surface area is 121 Å². The molecule has 0 heterocycles. The summed E-state index contributed by atoms with van der Waals surface area (Å²) in [6.45, 7) is 3.94. The highest BCUT2D eigenvalue weighted by molar-refractivity contribution is 7.80. The molecule has 0 aromatic heterocycles. The van der Waals surface area contributed by atoms with E-state index >= 15 is 0 Å². The van der Waals surface area contributed by atoms with Gasteiger partial charge in [-0.2, -0.15) is 17.7 Å². The number of benzene rings is 2. The van der Waals surface area contributed by atoms with Crippen LogP contribution < -0.4 is 15.9 Å². The fraction of sp³-hybridized carbons (Fsp3) is 0. The van der Waals surface area contributed by atoms with Crippen LogP contribution in [0.2, 0.25) is 0 Å². The lowest BCUT2D eigenvalue weighted by molar-refractivity contribution is 1.75. The van der Waals surface area contributed by atoms with Crippen molar-refractivity contribution in [3.8, 4) is 0 Å². The molecule has 0 saturated heterocycles. The van der Waals surface area contributed by atoms with Crippen molar-refractivity contribution in [1.29, 1.82) is 0 Å². The molecule has 0 unspecified atom stereocenters. The van der Waals surface area contributed by atoms with Gasteiger partial charge in [0, 0.05) is 0 Å². The van der Waals surface area contributed by atoms with Gasteiger partial charge < -0.3 is 0 Å². The summed E-state index contributed by atoms with van der Waals surface area (Å²) in [5.74, 6) is 0. The standard InChI is InChI=1S/C19H16P/c1-2-16-10-9-15-19(16)20(17-11-5-3-6-12-17)18-13-7-4-8-14-18/h2-15H,1H2/q-1. The molecule has 0 N–H and O–H groups in total. The van der Waals surface area contributed by atoms with Crippen LogP contribution in [0.4, 0.5) is 0 Å². The minimum absolute atomic E-state index is 0.507. The van der Waals surface area contributed by atoms with E-state index in [4.69, 9.17) is 0 Å². The van der Waals surface area contributed by atoms with Crippen molar-refractivity contribution in [2.45, 2.75) is 0 Å². The smallest absolute Gasteiger partial charge is 0.0171 e. The average Bonchev–Trinajstić information content (AvgIpc) is 2.98. The largest absolute Gasteiger partial charge is 0.206 e. The van der Waals surface area contributed by atoms with Crippen LogP contribution in [0.5, 0.6) is 0 Å². The first-order chi connectivity index (χ1) is 9.90. The molecule has 0 spiro atoms. The molecule has 98 valence electrons. The molecule has 0 aliphatic rings. The van der Waals surface area contributed by atoms with Crippen molar-refractivity contribution in [2.75, 3.05) is 0 Å². The zero-order valence-corrected chi connectivity index (χ0v) is 12.1. The van der Waals surface area contributed by atoms with Crippen molar-refractivity contribution in [3.05, 3.63) is 91.0 Å². The third-order valence-corrected chi connectivity index (χ3v) is 5.83. The summed E-state index contributed by atoms with van der Waals surface area (Å²) in [7, 11) is -0.507. The lowest BCUT2D eigenvalue weighted by atomic mass is 10.3. The summed E-state index contributed by atoms with van der Waals surface area (Å²) in [5, 5.41) is 4.14. The third kappa shape index (κ3) is 2.48. The number of hydrogen-bond donors (Lipinski definition) is 0. The molecule has 3 rings (SSSR count). The van der Waals surface area contributed by atoms with Crippen LogP contribution in [-0.2, 0) is 0 Å². The maximum atomic E-state index is 3.94. The second kappa shape index (κ2) is 5.94. The molecule has 0 aliphatic heterocycles. The maximum absolute atomic E-state index is 3.94. The van der Waals surface area contributed by atoms with Gasteiger partial charge >= 0.3 is 0 Å². The van der Waals surface area contributed by atoms with Gasteiger partial charge in [-0.15, -0.1) is 18.0 Å². The Hall–Kier alpha value is -2.04. The molecule has 0 nitrogen and oxygen atoms in total. The predicted octanol–water partition coefficient (Wildman–Crippen LogP) is 3.81. The Balaban J connectivity index is 2.17. The van der Waals surface area contributed by atoms with Crippen molar-refractivity contribution in [2.24, 2.45) is 0 Å². The second-order valence-corrected chi connectivity index (χ2v) is 6.76. The molecule has 0 atom stereocenters. The topological polar surface area (TPSA) is 0 Å². The third-order valence-electron chi connectivity index (χ3n) is 3.32. The highest BCUT2D eigenvalue weighted by Crippen LogP contribution is 2.34. The molecular weight excluding hydrogens is 259 g/mol. The zero-order chi connectivity index (χ0) is 13.8. The van der Waals surface area contributed by atoms with Crippen LogP contribution in [-0.4, -0.2) is 0 Å². The molecule has 0 saturated carbocycles. The van der Waals surface area contributed by atoms with Crippen LogP contribution in [0.15, 0.2) is 85.4 Å². The molecule has 3 aromatic carbocycles. The molecule has 1 heteroatoms. The lowest BCUT2D eigenvalue weighted by Crippen LogP contribution is -2.20. The monoisotopic (exact) mass is 275 g/mol. The van der Waals surface area contributed by atoms with Gasteiger partial charge in [-0.25, -0.2) is 6.07 Å². The van der Waals surface area contributed by atoms with Crippen molar-refractivity contribution < 1.29 is 0 Å². The molecular formula is C19H16P-. The number of hydrogen-bond acceptors (Lipinski definition) is 0. The summed E-state index contributed by atoms with van der Waals surface area (Å²) >= 11 is 0. The number of rotatable bonds is 4. The van der Waals surface area contributed by atoms with E-state index in [9.17, 15) is 0 Å². The van der Waals surface area contributed by atoms with E-state index < -0.39 is 7.92 Å². The van der Waals surface area contributed by atoms with Gasteiger partial charge in [0.1, 0.15) is 0 Å². The Morgan fingerprint density at radius 3 is 1.85 bits per heavy atom. The summed E-state index contributed by atoms with van der Waals surface area (Å²) in [6, 6.07) is 28.0. The normalized spacial score (nSPS) is 10.7. The summed E-state index contributed by atoms with van der Waals surface area (Å²) < 4.78 is 0. The Kier molecular flexibility index (Phi) is 3.85. The van der Waals surface area contributed by atoms with Crippen LogP contribution in [0.1, 0.15) is 5.56 Å². The van der Waals surface area contributed by atoms with Crippen LogP contribution in [0.25, 0.3) is 6.08 Å². The summed E-state index contributed by atoms with van der Waals surface area (Å²) in [4.78, 5) is 0. The first-order valence-electron chi connectivity index (χ1n) is 6.68. The minimum Gasteiger partial charge on any atom is -0.206 e. The minimum atomic E-state index is -0.507. The molecule has 3 aromatic rings. The molecule has 0 radical (unpaired) electrons. The van der Waals surface area contributed by atoms with Crippen molar-refractivity contribution >= 4 is 29.9 Å². The maximum Gasteiger partial charge on any atom is -0.0171 e. The Morgan fingerprint density at radius 2 is 1.35 bits per heavy atom. The fourth-order valence-corrected chi connectivity index (χ4v) is 4.84. The Morgan fingerprint density at radius 1 is 0.800 bits per heavy atom. The molecule has 20 heavy (non-hydrogen) atoms. The first kappa shape index (κ1) is 13.0. The molecule has 0 fully saturated rings. The highest BCUT2D eigenvalue weighted by Gasteiger charge is 2.13. The van der Waals surface area contributed by atoms with Gasteiger partial charge in [0.25, 0.3) is 0 Å². The van der Waals surface area contributed by atoms with Gasteiger partial charge in [0.2, 0.25) is 0 Å².